The lowest BCUT2D eigenvalue weighted by Gasteiger charge is -2.11. The third-order valence-electron chi connectivity index (χ3n) is 2.63. The first-order valence-electron chi connectivity index (χ1n) is 5.27. The van der Waals surface area contributed by atoms with Crippen molar-refractivity contribution in [2.45, 2.75) is 0 Å². The molecule has 2 rings (SSSR count). The Labute approximate surface area is 128 Å². The molecule has 0 fully saturated rings. The highest BCUT2D eigenvalue weighted by Crippen LogP contribution is 2.37. The van der Waals surface area contributed by atoms with Crippen LogP contribution in [-0.4, -0.2) is 16.1 Å². The number of nitrogens with zero attached hydrogens (tertiary/aromatic N) is 1. The summed E-state index contributed by atoms with van der Waals surface area (Å²) in [4.78, 5) is 14.4. The van der Waals surface area contributed by atoms with Crippen molar-refractivity contribution in [1.82, 2.24) is 4.98 Å². The van der Waals surface area contributed by atoms with Gasteiger partial charge in [-0.1, -0.05) is 23.2 Å². The molecule has 0 aliphatic carbocycles. The van der Waals surface area contributed by atoms with Gasteiger partial charge in [0.15, 0.2) is 23.3 Å². The van der Waals surface area contributed by atoms with Gasteiger partial charge in [0.25, 0.3) is 0 Å². The van der Waals surface area contributed by atoms with Crippen molar-refractivity contribution in [2.75, 3.05) is 0 Å². The van der Waals surface area contributed by atoms with E-state index in [-0.39, 0.29) is 0 Å². The number of aromatic carboxylic acids is 1. The Bertz CT molecular complexity index is 784. The number of carboxylic acids is 1. The first kappa shape index (κ1) is 16.4. The quantitative estimate of drug-likeness (QED) is 0.490. The van der Waals surface area contributed by atoms with Crippen LogP contribution in [0.5, 0.6) is 0 Å². The molecular formula is C12H2Cl2F5NO2. The van der Waals surface area contributed by atoms with Crippen molar-refractivity contribution in [3.8, 4) is 11.3 Å². The molecule has 1 N–H and O–H groups in total. The number of carbonyl (C=O) groups is 1. The fourth-order valence-corrected chi connectivity index (χ4v) is 2.25. The maximum absolute atomic E-state index is 13.7. The lowest BCUT2D eigenvalue weighted by atomic mass is 10.1. The first-order valence-corrected chi connectivity index (χ1v) is 6.03. The summed E-state index contributed by atoms with van der Waals surface area (Å²) >= 11 is 11.2. The summed E-state index contributed by atoms with van der Waals surface area (Å²) in [5.74, 6) is -12.8. The van der Waals surface area contributed by atoms with E-state index in [1.807, 2.05) is 0 Å². The molecule has 10 heteroatoms. The molecule has 0 radical (unpaired) electrons. The largest absolute Gasteiger partial charge is 0.478 e. The highest BCUT2D eigenvalue weighted by molar-refractivity contribution is 6.40. The zero-order valence-corrected chi connectivity index (χ0v) is 11.5. The van der Waals surface area contributed by atoms with Gasteiger partial charge in [-0.05, 0) is 0 Å². The van der Waals surface area contributed by atoms with Crippen LogP contribution in [0.15, 0.2) is 6.20 Å². The van der Waals surface area contributed by atoms with E-state index in [4.69, 9.17) is 28.3 Å². The van der Waals surface area contributed by atoms with Gasteiger partial charge in [-0.15, -0.1) is 0 Å². The molecule has 0 spiro atoms. The number of halogens is 7. The molecule has 1 aromatic carbocycles. The summed E-state index contributed by atoms with van der Waals surface area (Å²) in [5, 5.41) is 7.59. The van der Waals surface area contributed by atoms with E-state index in [0.717, 1.165) is 0 Å². The number of hydrogen-bond acceptors (Lipinski definition) is 2. The molecule has 0 saturated heterocycles. The maximum atomic E-state index is 13.7. The predicted octanol–water partition coefficient (Wildman–Crippen LogP) is 4.45. The minimum atomic E-state index is -2.36. The van der Waals surface area contributed by atoms with Crippen LogP contribution < -0.4 is 0 Å². The summed E-state index contributed by atoms with van der Waals surface area (Å²) in [6.07, 6.45) is 0.671. The van der Waals surface area contributed by atoms with Gasteiger partial charge >= 0.3 is 5.97 Å². The van der Waals surface area contributed by atoms with Gasteiger partial charge in [0.2, 0.25) is 5.82 Å². The van der Waals surface area contributed by atoms with E-state index < -0.39 is 61.9 Å². The van der Waals surface area contributed by atoms with Gasteiger partial charge in [0.05, 0.1) is 21.3 Å². The Kier molecular flexibility index (Phi) is 4.25. The van der Waals surface area contributed by atoms with Crippen LogP contribution in [0, 0.1) is 29.1 Å². The lowest BCUT2D eigenvalue weighted by Crippen LogP contribution is -2.07. The SMILES string of the molecule is O=C(O)c1c(Cl)cnc(-c2c(F)c(F)c(F)c(F)c2F)c1Cl. The van der Waals surface area contributed by atoms with Gasteiger partial charge in [0, 0.05) is 6.20 Å². The Morgan fingerprint density at radius 3 is 1.86 bits per heavy atom. The predicted molar refractivity (Wildman–Crippen MR) is 66.4 cm³/mol. The zero-order chi connectivity index (χ0) is 16.8. The highest BCUT2D eigenvalue weighted by Gasteiger charge is 2.30. The molecule has 0 saturated carbocycles. The van der Waals surface area contributed by atoms with Crippen LogP contribution in [0.3, 0.4) is 0 Å². The van der Waals surface area contributed by atoms with Crippen molar-refractivity contribution < 1.29 is 31.9 Å². The zero-order valence-electron chi connectivity index (χ0n) is 10.0. The van der Waals surface area contributed by atoms with Crippen molar-refractivity contribution in [2.24, 2.45) is 0 Å². The average Bonchev–Trinajstić information content (AvgIpc) is 2.45. The fourth-order valence-electron chi connectivity index (χ4n) is 1.65. The van der Waals surface area contributed by atoms with E-state index >= 15 is 0 Å². The third kappa shape index (κ3) is 2.38. The second kappa shape index (κ2) is 5.69. The molecule has 3 nitrogen and oxygen atoms in total. The van der Waals surface area contributed by atoms with Crippen LogP contribution in [0.2, 0.25) is 10.0 Å². The Morgan fingerprint density at radius 1 is 0.955 bits per heavy atom. The van der Waals surface area contributed by atoms with Gasteiger partial charge < -0.3 is 5.11 Å². The van der Waals surface area contributed by atoms with Gasteiger partial charge in [0.1, 0.15) is 5.56 Å². The highest BCUT2D eigenvalue weighted by atomic mass is 35.5. The summed E-state index contributed by atoms with van der Waals surface area (Å²) in [7, 11) is 0. The Hall–Kier alpha value is -1.93. The number of aromatic nitrogens is 1. The number of benzene rings is 1. The van der Waals surface area contributed by atoms with E-state index in [2.05, 4.69) is 4.98 Å². The van der Waals surface area contributed by atoms with Crippen molar-refractivity contribution >= 4 is 29.2 Å². The average molecular weight is 358 g/mol. The molecule has 1 aromatic heterocycles. The topological polar surface area (TPSA) is 50.2 Å². The number of hydrogen-bond donors (Lipinski definition) is 1. The maximum Gasteiger partial charge on any atom is 0.338 e. The smallest absolute Gasteiger partial charge is 0.338 e. The standard InChI is InChI=1S/C12H2Cl2F5NO2/c13-2-1-20-11(5(14)3(2)12(21)22)4-6(15)8(17)10(19)9(18)7(4)16/h1H,(H,21,22). The van der Waals surface area contributed by atoms with E-state index in [0.29, 0.717) is 6.20 Å². The first-order chi connectivity index (χ1) is 10.2. The molecule has 1 heterocycles. The molecule has 22 heavy (non-hydrogen) atoms. The van der Waals surface area contributed by atoms with E-state index in [1.54, 1.807) is 0 Å². The van der Waals surface area contributed by atoms with Crippen LogP contribution >= 0.6 is 23.2 Å². The number of rotatable bonds is 2. The number of pyridine rings is 1. The molecule has 0 unspecified atom stereocenters. The molecule has 0 aliphatic rings. The van der Waals surface area contributed by atoms with Gasteiger partial charge in [-0.2, -0.15) is 0 Å². The van der Waals surface area contributed by atoms with Crippen LogP contribution in [-0.2, 0) is 0 Å². The normalized spacial score (nSPS) is 10.9. The molecule has 0 bridgehead atoms. The van der Waals surface area contributed by atoms with Crippen LogP contribution in [0.1, 0.15) is 10.4 Å². The molecule has 0 aliphatic heterocycles. The number of carboxylic acid groups (broad SMARTS) is 1. The van der Waals surface area contributed by atoms with Gasteiger partial charge in [-0.25, -0.2) is 26.7 Å². The van der Waals surface area contributed by atoms with Crippen molar-refractivity contribution in [3.63, 3.8) is 0 Å². The van der Waals surface area contributed by atoms with Gasteiger partial charge in [-0.3, -0.25) is 4.98 Å². The fraction of sp³-hybridized carbons (Fsp3) is 0. The van der Waals surface area contributed by atoms with E-state index in [9.17, 15) is 26.7 Å². The van der Waals surface area contributed by atoms with Crippen LogP contribution in [0.25, 0.3) is 11.3 Å². The molecule has 0 atom stereocenters. The van der Waals surface area contributed by atoms with Crippen LogP contribution in [0.4, 0.5) is 22.0 Å². The van der Waals surface area contributed by atoms with Crippen molar-refractivity contribution in [1.29, 1.82) is 0 Å². The minimum Gasteiger partial charge on any atom is -0.478 e. The van der Waals surface area contributed by atoms with E-state index in [1.165, 1.54) is 0 Å². The summed E-state index contributed by atoms with van der Waals surface area (Å²) < 4.78 is 66.8. The minimum absolute atomic E-state index is 0.467. The Morgan fingerprint density at radius 2 is 1.41 bits per heavy atom. The van der Waals surface area contributed by atoms with Crippen molar-refractivity contribution in [3.05, 3.63) is 50.9 Å². The second-order valence-electron chi connectivity index (χ2n) is 3.89. The summed E-state index contributed by atoms with van der Waals surface area (Å²) in [6, 6.07) is 0. The lowest BCUT2D eigenvalue weighted by molar-refractivity contribution is 0.0697. The molecule has 2 aromatic rings. The molecular weight excluding hydrogens is 356 g/mol. The summed E-state index contributed by atoms with van der Waals surface area (Å²) in [6.45, 7) is 0. The molecule has 116 valence electrons. The third-order valence-corrected chi connectivity index (χ3v) is 3.29. The summed E-state index contributed by atoms with van der Waals surface area (Å²) in [5.41, 5.74) is -3.16. The Balaban J connectivity index is 2.90. The monoisotopic (exact) mass is 357 g/mol. The molecule has 0 amide bonds. The second-order valence-corrected chi connectivity index (χ2v) is 4.68.